The Morgan fingerprint density at radius 3 is 2.75 bits per heavy atom. The number of ether oxygens (including phenoxy) is 2. The van der Waals surface area contributed by atoms with Crippen LogP contribution in [0.4, 0.5) is 0 Å². The summed E-state index contributed by atoms with van der Waals surface area (Å²) in [6.45, 7) is 5.03. The average Bonchev–Trinajstić information content (AvgIpc) is 2.33. The molecular weight excluding hydrogens is 206 g/mol. The van der Waals surface area contributed by atoms with Crippen LogP contribution >= 0.6 is 0 Å². The van der Waals surface area contributed by atoms with Gasteiger partial charge >= 0.3 is 0 Å². The third-order valence-electron chi connectivity index (χ3n) is 1.99. The third-order valence-corrected chi connectivity index (χ3v) is 1.99. The molecule has 0 saturated carbocycles. The van der Waals surface area contributed by atoms with Gasteiger partial charge in [0.2, 0.25) is 5.88 Å². The van der Waals surface area contributed by atoms with E-state index in [1.54, 1.807) is 7.11 Å². The fourth-order valence-corrected chi connectivity index (χ4v) is 1.15. The minimum absolute atomic E-state index is 0.566. The summed E-state index contributed by atoms with van der Waals surface area (Å²) in [5.41, 5.74) is 0.922. The molecule has 0 fully saturated rings. The molecule has 0 saturated heterocycles. The summed E-state index contributed by atoms with van der Waals surface area (Å²) in [5, 5.41) is 11.2. The predicted octanol–water partition coefficient (Wildman–Crippen LogP) is 1.00. The van der Waals surface area contributed by atoms with Gasteiger partial charge in [-0.25, -0.2) is 0 Å². The van der Waals surface area contributed by atoms with Crippen LogP contribution in [0.1, 0.15) is 19.0 Å². The maximum Gasteiger partial charge on any atom is 0.233 e. The van der Waals surface area contributed by atoms with Crippen molar-refractivity contribution in [1.82, 2.24) is 15.5 Å². The van der Waals surface area contributed by atoms with Crippen molar-refractivity contribution >= 4 is 0 Å². The van der Waals surface area contributed by atoms with Crippen LogP contribution in [0.2, 0.25) is 0 Å². The number of aromatic nitrogens is 2. The van der Waals surface area contributed by atoms with Gasteiger partial charge in [-0.1, -0.05) is 6.92 Å². The molecule has 5 heteroatoms. The first-order valence-corrected chi connectivity index (χ1v) is 5.52. The second-order valence-corrected chi connectivity index (χ2v) is 3.34. The normalized spacial score (nSPS) is 10.4. The molecule has 1 heterocycles. The van der Waals surface area contributed by atoms with Crippen molar-refractivity contribution in [2.24, 2.45) is 0 Å². The standard InChI is InChI=1S/C11H19N3O2/c1-3-12-9-10-5-6-11(14-13-10)16-8-4-7-15-2/h5-6,12H,3-4,7-9H2,1-2H3. The van der Waals surface area contributed by atoms with E-state index in [0.717, 1.165) is 25.2 Å². The number of nitrogens with zero attached hydrogens (tertiary/aromatic N) is 2. The van der Waals surface area contributed by atoms with E-state index in [9.17, 15) is 0 Å². The first-order chi connectivity index (χ1) is 7.86. The molecule has 0 aliphatic rings. The van der Waals surface area contributed by atoms with E-state index in [1.807, 2.05) is 12.1 Å². The van der Waals surface area contributed by atoms with Crippen LogP contribution in [-0.4, -0.2) is 37.1 Å². The molecule has 0 aliphatic heterocycles. The topological polar surface area (TPSA) is 56.3 Å². The zero-order valence-corrected chi connectivity index (χ0v) is 9.90. The molecule has 0 unspecified atom stereocenters. The monoisotopic (exact) mass is 225 g/mol. The Morgan fingerprint density at radius 2 is 2.12 bits per heavy atom. The largest absolute Gasteiger partial charge is 0.477 e. The Kier molecular flexibility index (Phi) is 6.44. The van der Waals surface area contributed by atoms with E-state index in [1.165, 1.54) is 0 Å². The van der Waals surface area contributed by atoms with Crippen LogP contribution in [0, 0.1) is 0 Å². The summed E-state index contributed by atoms with van der Waals surface area (Å²) in [6.07, 6.45) is 0.858. The molecule has 0 aromatic carbocycles. The summed E-state index contributed by atoms with van der Waals surface area (Å²) in [7, 11) is 1.68. The Bertz CT molecular complexity index is 277. The predicted molar refractivity (Wildman–Crippen MR) is 61.4 cm³/mol. The highest BCUT2D eigenvalue weighted by molar-refractivity contribution is 5.11. The quantitative estimate of drug-likeness (QED) is 0.669. The minimum Gasteiger partial charge on any atom is -0.477 e. The van der Waals surface area contributed by atoms with Crippen LogP contribution in [0.5, 0.6) is 5.88 Å². The lowest BCUT2D eigenvalue weighted by molar-refractivity contribution is 0.170. The van der Waals surface area contributed by atoms with Gasteiger partial charge in [-0.3, -0.25) is 0 Å². The summed E-state index contributed by atoms with van der Waals surface area (Å²) in [4.78, 5) is 0. The van der Waals surface area contributed by atoms with Crippen LogP contribution < -0.4 is 10.1 Å². The smallest absolute Gasteiger partial charge is 0.233 e. The molecule has 16 heavy (non-hydrogen) atoms. The fourth-order valence-electron chi connectivity index (χ4n) is 1.15. The van der Waals surface area contributed by atoms with Gasteiger partial charge in [-0.2, -0.15) is 5.10 Å². The van der Waals surface area contributed by atoms with Crippen molar-refractivity contribution in [2.75, 3.05) is 26.9 Å². The SMILES string of the molecule is CCNCc1ccc(OCCCOC)nn1. The zero-order valence-electron chi connectivity index (χ0n) is 9.90. The second-order valence-electron chi connectivity index (χ2n) is 3.34. The lowest BCUT2D eigenvalue weighted by Crippen LogP contribution is -2.13. The highest BCUT2D eigenvalue weighted by Gasteiger charge is 1.98. The lowest BCUT2D eigenvalue weighted by atomic mass is 10.4. The number of rotatable bonds is 8. The molecule has 1 N–H and O–H groups in total. The Morgan fingerprint density at radius 1 is 1.25 bits per heavy atom. The number of hydrogen-bond acceptors (Lipinski definition) is 5. The molecule has 0 bridgehead atoms. The van der Waals surface area contributed by atoms with Gasteiger partial charge in [0.1, 0.15) is 0 Å². The van der Waals surface area contributed by atoms with Gasteiger partial charge in [0, 0.05) is 32.7 Å². The molecule has 0 aliphatic carbocycles. The maximum atomic E-state index is 5.39. The van der Waals surface area contributed by atoms with Crippen molar-refractivity contribution in [1.29, 1.82) is 0 Å². The summed E-state index contributed by atoms with van der Waals surface area (Å²) < 4.78 is 10.3. The third kappa shape index (κ3) is 5.04. The molecule has 0 radical (unpaired) electrons. The molecule has 5 nitrogen and oxygen atoms in total. The highest BCUT2D eigenvalue weighted by atomic mass is 16.5. The molecule has 90 valence electrons. The van der Waals surface area contributed by atoms with E-state index < -0.39 is 0 Å². The molecule has 1 aromatic rings. The Labute approximate surface area is 96.2 Å². The van der Waals surface area contributed by atoms with Crippen LogP contribution in [0.25, 0.3) is 0 Å². The molecule has 0 amide bonds. The van der Waals surface area contributed by atoms with Gasteiger partial charge in [0.15, 0.2) is 0 Å². The van der Waals surface area contributed by atoms with Gasteiger partial charge in [-0.05, 0) is 12.6 Å². The van der Waals surface area contributed by atoms with Gasteiger partial charge < -0.3 is 14.8 Å². The molecule has 0 spiro atoms. The molecule has 0 atom stereocenters. The van der Waals surface area contributed by atoms with Gasteiger partial charge in [0.05, 0.1) is 12.3 Å². The van der Waals surface area contributed by atoms with E-state index in [2.05, 4.69) is 22.4 Å². The van der Waals surface area contributed by atoms with Crippen molar-refractivity contribution in [2.45, 2.75) is 19.9 Å². The molecular formula is C11H19N3O2. The summed E-state index contributed by atoms with van der Waals surface area (Å²) in [6, 6.07) is 3.76. The van der Waals surface area contributed by atoms with Crippen molar-refractivity contribution in [3.8, 4) is 5.88 Å². The second kappa shape index (κ2) is 8.01. The lowest BCUT2D eigenvalue weighted by Gasteiger charge is -2.05. The van der Waals surface area contributed by atoms with E-state index in [4.69, 9.17) is 9.47 Å². The van der Waals surface area contributed by atoms with E-state index >= 15 is 0 Å². The Balaban J connectivity index is 2.27. The van der Waals surface area contributed by atoms with Crippen molar-refractivity contribution < 1.29 is 9.47 Å². The minimum atomic E-state index is 0.566. The zero-order chi connectivity index (χ0) is 11.6. The van der Waals surface area contributed by atoms with E-state index in [0.29, 0.717) is 19.1 Å². The maximum absolute atomic E-state index is 5.39. The Hall–Kier alpha value is -1.20. The van der Waals surface area contributed by atoms with Crippen molar-refractivity contribution in [3.05, 3.63) is 17.8 Å². The first-order valence-electron chi connectivity index (χ1n) is 5.52. The van der Waals surface area contributed by atoms with Gasteiger partial charge in [0.25, 0.3) is 0 Å². The number of nitrogens with one attached hydrogen (secondary N) is 1. The fraction of sp³-hybridized carbons (Fsp3) is 0.636. The van der Waals surface area contributed by atoms with Crippen molar-refractivity contribution in [3.63, 3.8) is 0 Å². The van der Waals surface area contributed by atoms with Crippen LogP contribution in [-0.2, 0) is 11.3 Å². The summed E-state index contributed by atoms with van der Waals surface area (Å²) >= 11 is 0. The van der Waals surface area contributed by atoms with Gasteiger partial charge in [-0.15, -0.1) is 5.10 Å². The van der Waals surface area contributed by atoms with Crippen LogP contribution in [0.15, 0.2) is 12.1 Å². The number of hydrogen-bond donors (Lipinski definition) is 1. The highest BCUT2D eigenvalue weighted by Crippen LogP contribution is 2.05. The summed E-state index contributed by atoms with van der Waals surface area (Å²) in [5.74, 6) is 0.566. The average molecular weight is 225 g/mol. The van der Waals surface area contributed by atoms with Crippen LogP contribution in [0.3, 0.4) is 0 Å². The first kappa shape index (κ1) is 12.9. The molecule has 1 aromatic heterocycles. The van der Waals surface area contributed by atoms with E-state index in [-0.39, 0.29) is 0 Å². The molecule has 1 rings (SSSR count). The number of methoxy groups -OCH3 is 1.